The fraction of sp³-hybridized carbons (Fsp3) is 0.382. The number of esters is 2. The molecule has 0 radical (unpaired) electrons. The van der Waals surface area contributed by atoms with Gasteiger partial charge in [0, 0.05) is 6.04 Å². The van der Waals surface area contributed by atoms with E-state index in [-0.39, 0.29) is 58.3 Å². The topological polar surface area (TPSA) is 138 Å². The lowest BCUT2D eigenvalue weighted by Gasteiger charge is -2.44. The van der Waals surface area contributed by atoms with Crippen LogP contribution < -0.4 is 37.1 Å². The average molecular weight is 1560 g/mol. The molecule has 10 aromatic carbocycles. The van der Waals surface area contributed by atoms with Gasteiger partial charge in [-0.15, -0.1) is 0 Å². The Morgan fingerprint density at radius 3 is 1.01 bits per heavy atom. The minimum Gasteiger partial charge on any atom is -0.462 e. The first-order valence-electron chi connectivity index (χ1n) is 42.4. The molecule has 10 aromatic rings. The van der Waals surface area contributed by atoms with Crippen LogP contribution in [-0.2, 0) is 71.2 Å². The number of nitrogens with one attached hydrogen (secondary N) is 2. The quantitative estimate of drug-likeness (QED) is 0.0259. The molecule has 2 fully saturated rings. The largest absolute Gasteiger partial charge is 0.462 e. The van der Waals surface area contributed by atoms with Crippen LogP contribution in [0.2, 0.25) is 10.1 Å². The van der Waals surface area contributed by atoms with Crippen LogP contribution in [0.25, 0.3) is 0 Å². The number of piperidine rings is 1. The van der Waals surface area contributed by atoms with Crippen LogP contribution in [0.15, 0.2) is 303 Å². The molecule has 1 aliphatic heterocycles. The van der Waals surface area contributed by atoms with Gasteiger partial charge in [-0.3, -0.25) is 14.4 Å². The Morgan fingerprint density at radius 2 is 0.675 bits per heavy atom. The normalized spacial score (nSPS) is 15.7. The molecule has 12 heteroatoms. The SMILES string of the molecule is CC(C)(C)[Si](OC[C@@H](Cc1ccccc1)NC(=O)C1CCCC[C@H]1C(=O)OC(CCCc1ccccc1)CCCc1ccccc1)(c1ccccc1)c1ccccc1.CC(C)(C)[Si](OC[C@H](N)Cc1ccccc1)(c1ccccc1)c1ccccc1.O=C(OC(CCCc1ccccc1)CCCc1ccccc1)[C@@H]1CCCCN1. The van der Waals surface area contributed by atoms with Crippen molar-refractivity contribution in [1.82, 2.24) is 10.6 Å². The van der Waals surface area contributed by atoms with Crippen molar-refractivity contribution in [2.75, 3.05) is 19.8 Å². The lowest BCUT2D eigenvalue weighted by molar-refractivity contribution is -0.160. The number of ether oxygens (including phenoxy) is 2. The van der Waals surface area contributed by atoms with Crippen LogP contribution in [-0.4, -0.2) is 84.6 Å². The molecule has 12 rings (SSSR count). The molecule has 10 nitrogen and oxygen atoms in total. The highest BCUT2D eigenvalue weighted by atomic mass is 28.4. The molecule has 114 heavy (non-hydrogen) atoms. The summed E-state index contributed by atoms with van der Waals surface area (Å²) in [5.74, 6) is -1.24. The molecule has 0 aromatic heterocycles. The summed E-state index contributed by atoms with van der Waals surface area (Å²) in [4.78, 5) is 41.4. The van der Waals surface area contributed by atoms with Crippen molar-refractivity contribution in [2.45, 2.75) is 217 Å². The number of aryl methyl sites for hydroxylation is 4. The van der Waals surface area contributed by atoms with E-state index in [1.165, 1.54) is 48.6 Å². The van der Waals surface area contributed by atoms with Crippen LogP contribution in [0.1, 0.15) is 171 Å². The number of benzene rings is 10. The Balaban J connectivity index is 0.000000204. The van der Waals surface area contributed by atoms with Crippen molar-refractivity contribution in [2.24, 2.45) is 17.6 Å². The van der Waals surface area contributed by atoms with E-state index in [0.717, 1.165) is 128 Å². The Kier molecular flexibility index (Phi) is 35.1. The van der Waals surface area contributed by atoms with E-state index < -0.39 is 28.5 Å². The number of carbonyl (C=O) groups is 3. The highest BCUT2D eigenvalue weighted by Gasteiger charge is 2.52. The number of hydrogen-bond acceptors (Lipinski definition) is 9. The maximum absolute atomic E-state index is 14.6. The zero-order valence-electron chi connectivity index (χ0n) is 68.8. The number of rotatable bonds is 36. The summed E-state index contributed by atoms with van der Waals surface area (Å²) < 4.78 is 26.7. The molecule has 4 N–H and O–H groups in total. The summed E-state index contributed by atoms with van der Waals surface area (Å²) in [5.41, 5.74) is 14.2. The third kappa shape index (κ3) is 26.7. The Labute approximate surface area is 685 Å². The summed E-state index contributed by atoms with van der Waals surface area (Å²) in [7, 11) is -5.37. The first kappa shape index (κ1) is 87.3. The molecule has 5 atom stereocenters. The third-order valence-electron chi connectivity index (χ3n) is 22.8. The second-order valence-corrected chi connectivity index (χ2v) is 42.0. The van der Waals surface area contributed by atoms with Gasteiger partial charge in [0.15, 0.2) is 0 Å². The number of amides is 1. The molecule has 1 amide bonds. The van der Waals surface area contributed by atoms with Crippen molar-refractivity contribution in [3.8, 4) is 0 Å². The highest BCUT2D eigenvalue weighted by Crippen LogP contribution is 2.39. The minimum atomic E-state index is -2.86. The van der Waals surface area contributed by atoms with Crippen LogP contribution in [0.5, 0.6) is 0 Å². The van der Waals surface area contributed by atoms with E-state index in [1.54, 1.807) is 0 Å². The molecule has 1 heterocycles. The molecule has 0 spiro atoms. The molecule has 1 saturated carbocycles. The van der Waals surface area contributed by atoms with E-state index in [0.29, 0.717) is 32.5 Å². The molecule has 1 saturated heterocycles. The number of carbonyl (C=O) groups excluding carboxylic acids is 3. The van der Waals surface area contributed by atoms with E-state index in [4.69, 9.17) is 24.1 Å². The van der Waals surface area contributed by atoms with E-state index in [9.17, 15) is 14.4 Å². The smallest absolute Gasteiger partial charge is 0.323 e. The predicted molar refractivity (Wildman–Crippen MR) is 476 cm³/mol. The first-order chi connectivity index (χ1) is 55.5. The zero-order chi connectivity index (χ0) is 80.1. The minimum absolute atomic E-state index is 0.0173. The fourth-order valence-corrected chi connectivity index (χ4v) is 26.1. The maximum Gasteiger partial charge on any atom is 0.323 e. The van der Waals surface area contributed by atoms with Crippen LogP contribution >= 0.6 is 0 Å². The van der Waals surface area contributed by atoms with Crippen molar-refractivity contribution in [3.05, 3.63) is 337 Å². The molecular weight excluding hydrogens is 1440 g/mol. The molecular formula is C102H127N3O7Si2. The Hall–Kier alpha value is -9.12. The second kappa shape index (κ2) is 45.8. The van der Waals surface area contributed by atoms with Gasteiger partial charge in [0.25, 0.3) is 16.6 Å². The highest BCUT2D eigenvalue weighted by molar-refractivity contribution is 7.00. The van der Waals surface area contributed by atoms with E-state index in [1.807, 2.05) is 36.4 Å². The van der Waals surface area contributed by atoms with Crippen LogP contribution in [0.4, 0.5) is 0 Å². The van der Waals surface area contributed by atoms with Gasteiger partial charge in [-0.25, -0.2) is 0 Å². The third-order valence-corrected chi connectivity index (χ3v) is 32.8. The molecule has 2 aliphatic rings. The Bertz CT molecular complexity index is 4140. The molecule has 1 aliphatic carbocycles. The average Bonchev–Trinajstić information content (AvgIpc) is 0.752. The van der Waals surface area contributed by atoms with Crippen LogP contribution in [0.3, 0.4) is 0 Å². The predicted octanol–water partition coefficient (Wildman–Crippen LogP) is 19.3. The number of nitrogens with two attached hydrogens (primary N) is 1. The van der Waals surface area contributed by atoms with Gasteiger partial charge in [0.05, 0.1) is 31.1 Å². The van der Waals surface area contributed by atoms with Crippen LogP contribution in [0, 0.1) is 11.8 Å². The van der Waals surface area contributed by atoms with Crippen molar-refractivity contribution >= 4 is 55.2 Å². The van der Waals surface area contributed by atoms with Gasteiger partial charge < -0.3 is 34.7 Å². The van der Waals surface area contributed by atoms with Gasteiger partial charge in [-0.1, -0.05) is 364 Å². The molecule has 1 unspecified atom stereocenters. The summed E-state index contributed by atoms with van der Waals surface area (Å²) in [6.07, 6.45) is 19.0. The van der Waals surface area contributed by atoms with Gasteiger partial charge in [-0.05, 0) is 186 Å². The number of hydrogen-bond donors (Lipinski definition) is 3. The summed E-state index contributed by atoms with van der Waals surface area (Å²) in [6.45, 7) is 15.5. The van der Waals surface area contributed by atoms with Gasteiger partial charge in [0.1, 0.15) is 18.2 Å². The van der Waals surface area contributed by atoms with Crippen molar-refractivity contribution in [3.63, 3.8) is 0 Å². The fourth-order valence-electron chi connectivity index (χ4n) is 16.8. The standard InChI is InChI=1S/C52H63NO4Si.C25H33NO2.C25H31NOSi/c1-52(2,3)58(46-33-15-7-16-34-46,47-35-17-8-18-36-47)56-40-44(39-43-27-13-6-14-28-43)53-50(54)48-37-19-20-38-49(48)51(55)57-45(31-21-29-41-23-9-4-10-24-41)32-22-30-42-25-11-5-12-26-42;27-25(24-19-7-8-20-26-24)28-23(17-9-15-21-11-3-1-4-12-21)18-10-16-22-13-5-2-6-14-22;1-25(2,3)28(23-15-9-5-10-16-23,24-17-11-6-12-18-24)27-20-22(26)19-21-13-7-4-8-14-21/h4-18,23-28,33-36,44-45,48-49H,19-22,29-32,37-40H2,1-3H3,(H,53,54);1-6,11-14,23-24,26H,7-10,15-20H2;4-18,22H,19-20,26H2,1-3H3/t44-,48?,49-;24-;22-/m101/s1. The Morgan fingerprint density at radius 1 is 0.377 bits per heavy atom. The van der Waals surface area contributed by atoms with Gasteiger partial charge in [-0.2, -0.15) is 0 Å². The van der Waals surface area contributed by atoms with Crippen molar-refractivity contribution < 1.29 is 32.7 Å². The summed E-state index contributed by atoms with van der Waals surface area (Å²) in [6, 6.07) is 105. The summed E-state index contributed by atoms with van der Waals surface area (Å²) >= 11 is 0. The van der Waals surface area contributed by atoms with Gasteiger partial charge >= 0.3 is 11.9 Å². The maximum atomic E-state index is 14.6. The lowest BCUT2D eigenvalue weighted by atomic mass is 9.78. The molecule has 0 bridgehead atoms. The van der Waals surface area contributed by atoms with Gasteiger partial charge in [0.2, 0.25) is 5.91 Å². The molecule has 600 valence electrons. The first-order valence-corrected chi connectivity index (χ1v) is 46.2. The lowest BCUT2D eigenvalue weighted by Crippen LogP contribution is -2.67. The monoisotopic (exact) mass is 1560 g/mol. The van der Waals surface area contributed by atoms with E-state index >= 15 is 0 Å². The van der Waals surface area contributed by atoms with E-state index in [2.05, 4.69) is 319 Å². The summed E-state index contributed by atoms with van der Waals surface area (Å²) in [5, 5.41) is 11.5. The van der Waals surface area contributed by atoms with Crippen molar-refractivity contribution in [1.29, 1.82) is 0 Å². The second-order valence-electron chi connectivity index (χ2n) is 33.4. The zero-order valence-corrected chi connectivity index (χ0v) is 70.8.